The van der Waals surface area contributed by atoms with E-state index in [-0.39, 0.29) is 0 Å². The van der Waals surface area contributed by atoms with Crippen LogP contribution in [0.1, 0.15) is 26.7 Å². The van der Waals surface area contributed by atoms with E-state index in [1.165, 1.54) is 0 Å². The largest absolute Gasteiger partial charge is 0.262 e. The Kier molecular flexibility index (Phi) is 5.98. The molecule has 0 N–H and O–H groups in total. The first-order valence-corrected chi connectivity index (χ1v) is 4.22. The number of rotatable bonds is 5. The second-order valence-electron chi connectivity index (χ2n) is 2.65. The molecule has 0 spiro atoms. The number of hydrogen-bond acceptors (Lipinski definition) is 1. The molecule has 1 nitrogen and oxygen atoms in total. The van der Waals surface area contributed by atoms with Crippen molar-refractivity contribution in [1.29, 1.82) is 0 Å². The van der Waals surface area contributed by atoms with Crippen LogP contribution in [0.3, 0.4) is 0 Å². The lowest BCUT2D eigenvalue weighted by Gasteiger charge is -1.97. The van der Waals surface area contributed by atoms with Gasteiger partial charge in [-0.15, -0.1) is 0 Å². The summed E-state index contributed by atoms with van der Waals surface area (Å²) in [4.78, 5) is 4.16. The first kappa shape index (κ1) is 10.9. The Bertz CT molecular complexity index is 209. The van der Waals surface area contributed by atoms with Crippen molar-refractivity contribution < 1.29 is 0 Å². The molecule has 0 bridgehead atoms. The Morgan fingerprint density at radius 1 is 1.42 bits per heavy atom. The van der Waals surface area contributed by atoms with E-state index in [2.05, 4.69) is 25.1 Å². The lowest BCUT2D eigenvalue weighted by atomic mass is 10.1. The standard InChI is InChI=1S/C11H17N/c1-5-8-11(12-7-3)9-10(4)6-2/h6-7,9H,2-3,5,8H2,1,4H3/b10-9-,12-11-. The smallest absolute Gasteiger partial charge is 0.0405 e. The summed E-state index contributed by atoms with van der Waals surface area (Å²) in [5.41, 5.74) is 2.22. The van der Waals surface area contributed by atoms with E-state index in [0.717, 1.165) is 24.1 Å². The molecule has 0 amide bonds. The molecule has 0 aromatic heterocycles. The molecule has 0 unspecified atom stereocenters. The molecule has 0 saturated carbocycles. The molecular weight excluding hydrogens is 146 g/mol. The fraction of sp³-hybridized carbons (Fsp3) is 0.364. The van der Waals surface area contributed by atoms with Gasteiger partial charge in [-0.3, -0.25) is 4.99 Å². The molecule has 0 aromatic rings. The zero-order valence-electron chi connectivity index (χ0n) is 8.01. The SMILES string of the molecule is C=C/N=C(\C=C(\C)C=C)CCC. The Morgan fingerprint density at radius 2 is 2.08 bits per heavy atom. The highest BCUT2D eigenvalue weighted by Crippen LogP contribution is 2.00. The first-order valence-electron chi connectivity index (χ1n) is 4.22. The third-order valence-corrected chi connectivity index (χ3v) is 1.48. The average Bonchev–Trinajstić information content (AvgIpc) is 2.05. The van der Waals surface area contributed by atoms with E-state index in [4.69, 9.17) is 0 Å². The van der Waals surface area contributed by atoms with Crippen LogP contribution in [0.15, 0.2) is 42.1 Å². The van der Waals surface area contributed by atoms with Gasteiger partial charge >= 0.3 is 0 Å². The van der Waals surface area contributed by atoms with Gasteiger partial charge < -0.3 is 0 Å². The highest BCUT2D eigenvalue weighted by atomic mass is 14.7. The maximum atomic E-state index is 4.16. The molecule has 0 aliphatic carbocycles. The summed E-state index contributed by atoms with van der Waals surface area (Å²) in [6.45, 7) is 11.4. The van der Waals surface area contributed by atoms with Crippen molar-refractivity contribution in [3.8, 4) is 0 Å². The number of allylic oxidation sites excluding steroid dienone is 3. The van der Waals surface area contributed by atoms with Crippen molar-refractivity contribution in [1.82, 2.24) is 0 Å². The predicted molar refractivity (Wildman–Crippen MR) is 56.5 cm³/mol. The van der Waals surface area contributed by atoms with Crippen molar-refractivity contribution in [3.05, 3.63) is 37.1 Å². The third-order valence-electron chi connectivity index (χ3n) is 1.48. The van der Waals surface area contributed by atoms with E-state index in [1.807, 2.05) is 19.1 Å². The van der Waals surface area contributed by atoms with E-state index in [1.54, 1.807) is 6.20 Å². The molecule has 0 aliphatic rings. The fourth-order valence-electron chi connectivity index (χ4n) is 0.869. The highest BCUT2D eigenvalue weighted by Gasteiger charge is 1.91. The van der Waals surface area contributed by atoms with E-state index in [9.17, 15) is 0 Å². The maximum absolute atomic E-state index is 4.16. The quantitative estimate of drug-likeness (QED) is 0.434. The van der Waals surface area contributed by atoms with Crippen LogP contribution in [0.2, 0.25) is 0 Å². The van der Waals surface area contributed by atoms with E-state index in [0.29, 0.717) is 0 Å². The van der Waals surface area contributed by atoms with Crippen molar-refractivity contribution >= 4 is 5.71 Å². The van der Waals surface area contributed by atoms with Crippen LogP contribution in [0, 0.1) is 0 Å². The molecule has 12 heavy (non-hydrogen) atoms. The summed E-state index contributed by atoms with van der Waals surface area (Å²) >= 11 is 0. The first-order chi connectivity index (χ1) is 5.74. The van der Waals surface area contributed by atoms with Crippen molar-refractivity contribution in [2.24, 2.45) is 4.99 Å². The maximum Gasteiger partial charge on any atom is 0.0405 e. The van der Waals surface area contributed by atoms with Gasteiger partial charge in [-0.2, -0.15) is 0 Å². The second kappa shape index (κ2) is 6.59. The summed E-state index contributed by atoms with van der Waals surface area (Å²) in [5.74, 6) is 0. The van der Waals surface area contributed by atoms with Gasteiger partial charge in [0.25, 0.3) is 0 Å². The zero-order chi connectivity index (χ0) is 9.40. The van der Waals surface area contributed by atoms with Gasteiger partial charge in [-0.05, 0) is 25.0 Å². The zero-order valence-corrected chi connectivity index (χ0v) is 8.01. The molecule has 0 atom stereocenters. The molecular formula is C11H17N. The Balaban J connectivity index is 4.41. The molecule has 0 aliphatic heterocycles. The summed E-state index contributed by atoms with van der Waals surface area (Å²) < 4.78 is 0. The summed E-state index contributed by atoms with van der Waals surface area (Å²) in [7, 11) is 0. The van der Waals surface area contributed by atoms with Gasteiger partial charge in [-0.1, -0.05) is 32.6 Å². The fourth-order valence-corrected chi connectivity index (χ4v) is 0.869. The summed E-state index contributed by atoms with van der Waals surface area (Å²) in [6, 6.07) is 0. The molecule has 0 heterocycles. The predicted octanol–water partition coefficient (Wildman–Crippen LogP) is 3.50. The minimum absolute atomic E-state index is 0.997. The van der Waals surface area contributed by atoms with Gasteiger partial charge in [0, 0.05) is 11.9 Å². The molecule has 0 rings (SSSR count). The molecule has 0 fully saturated rings. The minimum Gasteiger partial charge on any atom is -0.262 e. The van der Waals surface area contributed by atoms with Crippen molar-refractivity contribution in [2.75, 3.05) is 0 Å². The van der Waals surface area contributed by atoms with Crippen LogP contribution in [0.4, 0.5) is 0 Å². The Morgan fingerprint density at radius 3 is 2.50 bits per heavy atom. The topological polar surface area (TPSA) is 12.4 Å². The molecule has 0 saturated heterocycles. The van der Waals surface area contributed by atoms with E-state index < -0.39 is 0 Å². The van der Waals surface area contributed by atoms with Crippen molar-refractivity contribution in [2.45, 2.75) is 26.7 Å². The van der Waals surface area contributed by atoms with Crippen LogP contribution in [-0.4, -0.2) is 5.71 Å². The van der Waals surface area contributed by atoms with Gasteiger partial charge in [0.05, 0.1) is 0 Å². The number of nitrogens with zero attached hydrogens (tertiary/aromatic N) is 1. The van der Waals surface area contributed by atoms with Crippen molar-refractivity contribution in [3.63, 3.8) is 0 Å². The lowest BCUT2D eigenvalue weighted by Crippen LogP contribution is -1.92. The number of hydrogen-bond donors (Lipinski definition) is 0. The summed E-state index contributed by atoms with van der Waals surface area (Å²) in [6.07, 6.45) is 7.55. The average molecular weight is 163 g/mol. The van der Waals surface area contributed by atoms with Crippen LogP contribution >= 0.6 is 0 Å². The van der Waals surface area contributed by atoms with Crippen LogP contribution in [-0.2, 0) is 0 Å². The van der Waals surface area contributed by atoms with E-state index >= 15 is 0 Å². The van der Waals surface area contributed by atoms with Gasteiger partial charge in [0.1, 0.15) is 0 Å². The highest BCUT2D eigenvalue weighted by molar-refractivity contribution is 5.96. The molecule has 0 aromatic carbocycles. The van der Waals surface area contributed by atoms with Gasteiger partial charge in [0.2, 0.25) is 0 Å². The Hall–Kier alpha value is -1.11. The molecule has 0 radical (unpaired) electrons. The van der Waals surface area contributed by atoms with Crippen LogP contribution < -0.4 is 0 Å². The number of aliphatic imine (C=N–C) groups is 1. The minimum atomic E-state index is 0.997. The van der Waals surface area contributed by atoms with Crippen LogP contribution in [0.5, 0.6) is 0 Å². The van der Waals surface area contributed by atoms with Crippen LogP contribution in [0.25, 0.3) is 0 Å². The third kappa shape index (κ3) is 4.67. The normalized spacial score (nSPS) is 12.8. The van der Waals surface area contributed by atoms with Gasteiger partial charge in [0.15, 0.2) is 0 Å². The molecule has 1 heteroatoms. The lowest BCUT2D eigenvalue weighted by molar-refractivity contribution is 0.995. The monoisotopic (exact) mass is 163 g/mol. The Labute approximate surface area is 75.2 Å². The molecule has 66 valence electrons. The second-order valence-corrected chi connectivity index (χ2v) is 2.65. The summed E-state index contributed by atoms with van der Waals surface area (Å²) in [5, 5.41) is 0. The van der Waals surface area contributed by atoms with Gasteiger partial charge in [-0.25, -0.2) is 0 Å².